The van der Waals surface area contributed by atoms with Gasteiger partial charge in [-0.2, -0.15) is 5.10 Å². The average molecular weight is 258 g/mol. The maximum absolute atomic E-state index is 6.26. The summed E-state index contributed by atoms with van der Waals surface area (Å²) < 4.78 is 1.90. The molecule has 1 N–H and O–H groups in total. The van der Waals surface area contributed by atoms with Gasteiger partial charge in [0, 0.05) is 13.1 Å². The van der Waals surface area contributed by atoms with E-state index in [0.29, 0.717) is 12.0 Å². The zero-order valence-corrected chi connectivity index (χ0v) is 12.3. The summed E-state index contributed by atoms with van der Waals surface area (Å²) >= 11 is 6.26. The normalized spacial score (nSPS) is 14.9. The van der Waals surface area contributed by atoms with Crippen molar-refractivity contribution in [2.45, 2.75) is 46.6 Å². The number of nitrogens with one attached hydrogen (secondary N) is 1. The third-order valence-corrected chi connectivity index (χ3v) is 3.84. The molecule has 0 saturated carbocycles. The van der Waals surface area contributed by atoms with Crippen LogP contribution in [0, 0.1) is 12.8 Å². The molecule has 1 aromatic rings. The molecule has 0 amide bonds. The first-order valence-electron chi connectivity index (χ1n) is 6.38. The molecular formula is C13H24ClN3. The number of hydrogen-bond acceptors (Lipinski definition) is 2. The van der Waals surface area contributed by atoms with Crippen molar-refractivity contribution >= 4 is 11.6 Å². The van der Waals surface area contributed by atoms with Crippen LogP contribution in [0.2, 0.25) is 5.02 Å². The molecule has 2 unspecified atom stereocenters. The smallest absolute Gasteiger partial charge is 0.0847 e. The molecule has 0 aliphatic rings. The van der Waals surface area contributed by atoms with E-state index in [0.717, 1.165) is 29.4 Å². The highest BCUT2D eigenvalue weighted by molar-refractivity contribution is 6.31. The monoisotopic (exact) mass is 257 g/mol. The first-order chi connectivity index (χ1) is 7.97. The molecule has 98 valence electrons. The van der Waals surface area contributed by atoms with Crippen LogP contribution in [0.15, 0.2) is 0 Å². The lowest BCUT2D eigenvalue weighted by Gasteiger charge is -2.21. The van der Waals surface area contributed by atoms with Gasteiger partial charge in [-0.15, -0.1) is 0 Å². The molecule has 0 bridgehead atoms. The number of nitrogens with zero attached hydrogens (tertiary/aromatic N) is 2. The highest BCUT2D eigenvalue weighted by Crippen LogP contribution is 2.23. The molecule has 0 fully saturated rings. The number of aromatic nitrogens is 2. The predicted octanol–water partition coefficient (Wildman–Crippen LogP) is 2.95. The first kappa shape index (κ1) is 14.5. The van der Waals surface area contributed by atoms with Crippen LogP contribution in [0.4, 0.5) is 0 Å². The Labute approximate surface area is 110 Å². The Bertz CT molecular complexity index is 360. The molecule has 4 heteroatoms. The van der Waals surface area contributed by atoms with E-state index in [4.69, 9.17) is 11.6 Å². The van der Waals surface area contributed by atoms with Gasteiger partial charge in [0.05, 0.1) is 16.4 Å². The minimum Gasteiger partial charge on any atom is -0.314 e. The average Bonchev–Trinajstić information content (AvgIpc) is 2.52. The molecule has 0 saturated heterocycles. The molecule has 17 heavy (non-hydrogen) atoms. The van der Waals surface area contributed by atoms with Crippen LogP contribution >= 0.6 is 11.6 Å². The van der Waals surface area contributed by atoms with E-state index in [9.17, 15) is 0 Å². The van der Waals surface area contributed by atoms with Crippen LogP contribution in [0.25, 0.3) is 0 Å². The van der Waals surface area contributed by atoms with E-state index < -0.39 is 0 Å². The molecule has 1 aromatic heterocycles. The topological polar surface area (TPSA) is 29.9 Å². The molecule has 0 radical (unpaired) electrons. The quantitative estimate of drug-likeness (QED) is 0.849. The van der Waals surface area contributed by atoms with Gasteiger partial charge in [0.25, 0.3) is 0 Å². The molecule has 2 atom stereocenters. The minimum atomic E-state index is 0.501. The molecular weight excluding hydrogens is 234 g/mol. The Balaban J connectivity index is 2.64. The fourth-order valence-corrected chi connectivity index (χ4v) is 2.19. The van der Waals surface area contributed by atoms with E-state index >= 15 is 0 Å². The van der Waals surface area contributed by atoms with E-state index in [1.54, 1.807) is 0 Å². The summed E-state index contributed by atoms with van der Waals surface area (Å²) in [5, 5.41) is 8.70. The number of aryl methyl sites for hydroxylation is 2. The fourth-order valence-electron chi connectivity index (χ4n) is 1.96. The maximum atomic E-state index is 6.26. The third kappa shape index (κ3) is 3.71. The van der Waals surface area contributed by atoms with Gasteiger partial charge in [0.2, 0.25) is 0 Å². The van der Waals surface area contributed by atoms with Crippen molar-refractivity contribution in [1.29, 1.82) is 0 Å². The van der Waals surface area contributed by atoms with Gasteiger partial charge in [-0.1, -0.05) is 25.4 Å². The Morgan fingerprint density at radius 1 is 1.41 bits per heavy atom. The van der Waals surface area contributed by atoms with Crippen LogP contribution in [0.5, 0.6) is 0 Å². The van der Waals surface area contributed by atoms with E-state index in [-0.39, 0.29) is 0 Å². The maximum Gasteiger partial charge on any atom is 0.0847 e. The fraction of sp³-hybridized carbons (Fsp3) is 0.769. The van der Waals surface area contributed by atoms with Crippen LogP contribution in [-0.2, 0) is 13.5 Å². The van der Waals surface area contributed by atoms with Crippen molar-refractivity contribution in [2.75, 3.05) is 6.54 Å². The zero-order chi connectivity index (χ0) is 13.0. The van der Waals surface area contributed by atoms with Crippen molar-refractivity contribution in [3.05, 3.63) is 16.4 Å². The molecule has 3 nitrogen and oxygen atoms in total. The predicted molar refractivity (Wildman–Crippen MR) is 73.6 cm³/mol. The molecule has 0 aromatic carbocycles. The summed E-state index contributed by atoms with van der Waals surface area (Å²) in [5.74, 6) is 0.550. The molecule has 1 rings (SSSR count). The Morgan fingerprint density at radius 2 is 2.06 bits per heavy atom. The highest BCUT2D eigenvalue weighted by Gasteiger charge is 2.17. The van der Waals surface area contributed by atoms with Gasteiger partial charge >= 0.3 is 0 Å². The van der Waals surface area contributed by atoms with E-state index in [1.165, 1.54) is 6.42 Å². The first-order valence-corrected chi connectivity index (χ1v) is 6.76. The highest BCUT2D eigenvalue weighted by atomic mass is 35.5. The standard InChI is InChI=1S/C13H24ClN3/c1-6-7-15-10(3)9(2)8-12-13(14)11(4)16-17(12)5/h9-10,15H,6-8H2,1-5H3. The lowest BCUT2D eigenvalue weighted by Crippen LogP contribution is -2.34. The van der Waals surface area contributed by atoms with Crippen molar-refractivity contribution < 1.29 is 0 Å². The summed E-state index contributed by atoms with van der Waals surface area (Å²) in [6.07, 6.45) is 2.14. The lowest BCUT2D eigenvalue weighted by atomic mass is 9.97. The summed E-state index contributed by atoms with van der Waals surface area (Å²) in [6.45, 7) is 9.70. The molecule has 1 heterocycles. The summed E-state index contributed by atoms with van der Waals surface area (Å²) in [5.41, 5.74) is 2.06. The second-order valence-corrected chi connectivity index (χ2v) is 5.27. The number of rotatable bonds is 6. The minimum absolute atomic E-state index is 0.501. The van der Waals surface area contributed by atoms with Crippen LogP contribution in [0.3, 0.4) is 0 Å². The SMILES string of the molecule is CCCNC(C)C(C)Cc1c(Cl)c(C)nn1C. The van der Waals surface area contributed by atoms with Crippen molar-refractivity contribution in [3.63, 3.8) is 0 Å². The van der Waals surface area contributed by atoms with Crippen molar-refractivity contribution in [1.82, 2.24) is 15.1 Å². The second kappa shape index (κ2) is 6.41. The van der Waals surface area contributed by atoms with E-state index in [2.05, 4.69) is 31.2 Å². The van der Waals surface area contributed by atoms with Gasteiger partial charge in [-0.05, 0) is 39.2 Å². The summed E-state index contributed by atoms with van der Waals surface area (Å²) in [7, 11) is 1.96. The van der Waals surface area contributed by atoms with Crippen molar-refractivity contribution in [2.24, 2.45) is 13.0 Å². The summed E-state index contributed by atoms with van der Waals surface area (Å²) in [6, 6.07) is 0.501. The van der Waals surface area contributed by atoms with Crippen LogP contribution in [-0.4, -0.2) is 22.4 Å². The van der Waals surface area contributed by atoms with Gasteiger partial charge in [-0.3, -0.25) is 4.68 Å². The van der Waals surface area contributed by atoms with Crippen LogP contribution < -0.4 is 5.32 Å². The van der Waals surface area contributed by atoms with E-state index in [1.807, 2.05) is 18.7 Å². The van der Waals surface area contributed by atoms with Gasteiger partial charge in [0.1, 0.15) is 0 Å². The van der Waals surface area contributed by atoms with Gasteiger partial charge in [-0.25, -0.2) is 0 Å². The molecule has 0 aliphatic carbocycles. The number of hydrogen-bond donors (Lipinski definition) is 1. The lowest BCUT2D eigenvalue weighted by molar-refractivity contribution is 0.392. The largest absolute Gasteiger partial charge is 0.314 e. The second-order valence-electron chi connectivity index (χ2n) is 4.89. The molecule has 0 aliphatic heterocycles. The van der Waals surface area contributed by atoms with Gasteiger partial charge < -0.3 is 5.32 Å². The summed E-state index contributed by atoms with van der Waals surface area (Å²) in [4.78, 5) is 0. The van der Waals surface area contributed by atoms with Crippen LogP contribution in [0.1, 0.15) is 38.6 Å². The third-order valence-electron chi connectivity index (χ3n) is 3.35. The Hall–Kier alpha value is -0.540. The Morgan fingerprint density at radius 3 is 2.53 bits per heavy atom. The van der Waals surface area contributed by atoms with Crippen molar-refractivity contribution in [3.8, 4) is 0 Å². The van der Waals surface area contributed by atoms with Gasteiger partial charge in [0.15, 0.2) is 0 Å². The molecule has 0 spiro atoms. The number of halogens is 1. The Kier molecular flexibility index (Phi) is 5.47. The zero-order valence-electron chi connectivity index (χ0n) is 11.5.